The maximum absolute atomic E-state index is 5.98. The van der Waals surface area contributed by atoms with Gasteiger partial charge in [0.05, 0.1) is 0 Å². The predicted octanol–water partition coefficient (Wildman–Crippen LogP) is 4.07. The van der Waals surface area contributed by atoms with Crippen LogP contribution in [0.2, 0.25) is 5.15 Å². The lowest BCUT2D eigenvalue weighted by molar-refractivity contribution is 0.642. The molecule has 0 aliphatic rings. The normalized spacial score (nSPS) is 12.5. The summed E-state index contributed by atoms with van der Waals surface area (Å²) < 4.78 is 0. The molecule has 1 rings (SSSR count). The molecule has 1 aromatic rings. The second kappa shape index (κ2) is 7.49. The first-order valence-corrected chi connectivity index (χ1v) is 6.83. The Balaban J connectivity index is 2.63. The number of hydrogen-bond donors (Lipinski definition) is 1. The molecular formula is C13H22ClN3. The van der Waals surface area contributed by atoms with Crippen molar-refractivity contribution >= 4 is 17.4 Å². The average Bonchev–Trinajstić information content (AvgIpc) is 2.26. The zero-order valence-corrected chi connectivity index (χ0v) is 11.7. The first-order chi connectivity index (χ1) is 8.15. The van der Waals surface area contributed by atoms with Crippen molar-refractivity contribution in [3.63, 3.8) is 0 Å². The topological polar surface area (TPSA) is 37.8 Å². The van der Waals surface area contributed by atoms with Gasteiger partial charge in [-0.05, 0) is 19.8 Å². The van der Waals surface area contributed by atoms with Crippen LogP contribution in [0.25, 0.3) is 0 Å². The number of rotatable bonds is 7. The quantitative estimate of drug-likeness (QED) is 0.747. The Labute approximate surface area is 109 Å². The lowest BCUT2D eigenvalue weighted by Crippen LogP contribution is -2.16. The van der Waals surface area contributed by atoms with Gasteiger partial charge >= 0.3 is 0 Å². The highest BCUT2D eigenvalue weighted by molar-refractivity contribution is 6.29. The molecule has 0 bridgehead atoms. The highest BCUT2D eigenvalue weighted by Crippen LogP contribution is 2.14. The Hall–Kier alpha value is -0.830. The van der Waals surface area contributed by atoms with Crippen LogP contribution in [0.1, 0.15) is 52.3 Å². The van der Waals surface area contributed by atoms with E-state index in [1.807, 2.05) is 0 Å². The molecule has 0 aromatic carbocycles. The van der Waals surface area contributed by atoms with Gasteiger partial charge in [0.25, 0.3) is 0 Å². The van der Waals surface area contributed by atoms with Gasteiger partial charge in [0.1, 0.15) is 16.8 Å². The van der Waals surface area contributed by atoms with Crippen LogP contribution in [0.5, 0.6) is 0 Å². The first kappa shape index (κ1) is 14.2. The van der Waals surface area contributed by atoms with E-state index in [2.05, 4.69) is 36.1 Å². The van der Waals surface area contributed by atoms with Crippen LogP contribution < -0.4 is 5.32 Å². The number of nitrogens with zero attached hydrogens (tertiary/aromatic N) is 2. The Morgan fingerprint density at radius 3 is 2.71 bits per heavy atom. The van der Waals surface area contributed by atoms with Crippen LogP contribution >= 0.6 is 11.6 Å². The van der Waals surface area contributed by atoms with E-state index in [1.54, 1.807) is 6.07 Å². The minimum atomic E-state index is 0.426. The summed E-state index contributed by atoms with van der Waals surface area (Å²) in [5, 5.41) is 3.90. The van der Waals surface area contributed by atoms with Crippen molar-refractivity contribution in [1.82, 2.24) is 9.97 Å². The summed E-state index contributed by atoms with van der Waals surface area (Å²) in [6, 6.07) is 2.22. The molecule has 0 radical (unpaired) electrons. The molecule has 1 atom stereocenters. The highest BCUT2D eigenvalue weighted by atomic mass is 35.5. The van der Waals surface area contributed by atoms with Crippen molar-refractivity contribution in [1.29, 1.82) is 0 Å². The molecule has 96 valence electrons. The summed E-state index contributed by atoms with van der Waals surface area (Å²) in [6.45, 7) is 6.49. The highest BCUT2D eigenvalue weighted by Gasteiger charge is 2.06. The van der Waals surface area contributed by atoms with Crippen molar-refractivity contribution < 1.29 is 0 Å². The zero-order valence-electron chi connectivity index (χ0n) is 11.0. The average molecular weight is 256 g/mol. The minimum absolute atomic E-state index is 0.426. The molecule has 4 heteroatoms. The van der Waals surface area contributed by atoms with Crippen LogP contribution in [-0.2, 0) is 6.42 Å². The van der Waals surface area contributed by atoms with E-state index in [-0.39, 0.29) is 0 Å². The van der Waals surface area contributed by atoms with Crippen molar-refractivity contribution in [3.05, 3.63) is 17.0 Å². The second-order valence-electron chi connectivity index (χ2n) is 4.43. The van der Waals surface area contributed by atoms with Crippen molar-refractivity contribution in [2.24, 2.45) is 0 Å². The molecule has 1 unspecified atom stereocenters. The Kier molecular flexibility index (Phi) is 6.27. The van der Waals surface area contributed by atoms with E-state index in [4.69, 9.17) is 11.6 Å². The van der Waals surface area contributed by atoms with Gasteiger partial charge in [-0.2, -0.15) is 0 Å². The van der Waals surface area contributed by atoms with Gasteiger partial charge in [-0.3, -0.25) is 0 Å². The monoisotopic (exact) mass is 255 g/mol. The molecule has 0 fully saturated rings. The van der Waals surface area contributed by atoms with Gasteiger partial charge in [0, 0.05) is 18.5 Å². The summed E-state index contributed by atoms with van der Waals surface area (Å²) >= 11 is 5.98. The standard InChI is InChI=1S/C13H22ClN3/c1-4-6-8-10(3)15-13-9-11(14)16-12(17-13)7-5-2/h9-10H,4-8H2,1-3H3,(H,15,16,17). The van der Waals surface area contributed by atoms with E-state index in [9.17, 15) is 0 Å². The third kappa shape index (κ3) is 5.35. The number of nitrogens with one attached hydrogen (secondary N) is 1. The fourth-order valence-corrected chi connectivity index (χ4v) is 1.91. The van der Waals surface area contributed by atoms with Gasteiger partial charge < -0.3 is 5.32 Å². The summed E-state index contributed by atoms with van der Waals surface area (Å²) in [5.41, 5.74) is 0. The van der Waals surface area contributed by atoms with E-state index in [0.717, 1.165) is 30.9 Å². The number of aryl methyl sites for hydroxylation is 1. The third-order valence-electron chi connectivity index (χ3n) is 2.60. The predicted molar refractivity (Wildman–Crippen MR) is 73.6 cm³/mol. The lowest BCUT2D eigenvalue weighted by atomic mass is 10.1. The number of unbranched alkanes of at least 4 members (excludes halogenated alkanes) is 1. The van der Waals surface area contributed by atoms with E-state index < -0.39 is 0 Å². The van der Waals surface area contributed by atoms with Gasteiger partial charge in [-0.15, -0.1) is 0 Å². The fourth-order valence-electron chi connectivity index (χ4n) is 1.71. The number of halogens is 1. The van der Waals surface area contributed by atoms with E-state index in [1.165, 1.54) is 12.8 Å². The molecule has 0 saturated carbocycles. The van der Waals surface area contributed by atoms with Gasteiger partial charge in [-0.25, -0.2) is 9.97 Å². The Morgan fingerprint density at radius 1 is 1.29 bits per heavy atom. The van der Waals surface area contributed by atoms with Gasteiger partial charge in [0.15, 0.2) is 0 Å². The molecule has 0 saturated heterocycles. The summed E-state index contributed by atoms with van der Waals surface area (Å²) in [7, 11) is 0. The van der Waals surface area contributed by atoms with Crippen molar-refractivity contribution in [3.8, 4) is 0 Å². The molecule has 0 amide bonds. The number of anilines is 1. The van der Waals surface area contributed by atoms with Crippen LogP contribution in [-0.4, -0.2) is 16.0 Å². The zero-order chi connectivity index (χ0) is 12.7. The van der Waals surface area contributed by atoms with Crippen LogP contribution in [0.3, 0.4) is 0 Å². The second-order valence-corrected chi connectivity index (χ2v) is 4.82. The number of aromatic nitrogens is 2. The van der Waals surface area contributed by atoms with Crippen LogP contribution in [0.15, 0.2) is 6.07 Å². The largest absolute Gasteiger partial charge is 0.367 e. The van der Waals surface area contributed by atoms with Crippen molar-refractivity contribution in [2.45, 2.75) is 58.9 Å². The molecule has 0 aliphatic carbocycles. The molecule has 17 heavy (non-hydrogen) atoms. The minimum Gasteiger partial charge on any atom is -0.367 e. The Morgan fingerprint density at radius 2 is 2.06 bits per heavy atom. The molecule has 3 nitrogen and oxygen atoms in total. The SMILES string of the molecule is CCCCC(C)Nc1cc(Cl)nc(CCC)n1. The first-order valence-electron chi connectivity index (χ1n) is 6.45. The molecule has 1 N–H and O–H groups in total. The molecule has 0 aliphatic heterocycles. The lowest BCUT2D eigenvalue weighted by Gasteiger charge is -2.14. The Bertz CT molecular complexity index is 341. The summed E-state index contributed by atoms with van der Waals surface area (Å²) in [4.78, 5) is 8.67. The van der Waals surface area contributed by atoms with Gasteiger partial charge in [0.2, 0.25) is 0 Å². The van der Waals surface area contributed by atoms with Crippen LogP contribution in [0.4, 0.5) is 5.82 Å². The fraction of sp³-hybridized carbons (Fsp3) is 0.692. The maximum atomic E-state index is 5.98. The smallest absolute Gasteiger partial charge is 0.134 e. The van der Waals surface area contributed by atoms with Crippen molar-refractivity contribution in [2.75, 3.05) is 5.32 Å². The summed E-state index contributed by atoms with van der Waals surface area (Å²) in [6.07, 6.45) is 5.51. The maximum Gasteiger partial charge on any atom is 0.134 e. The van der Waals surface area contributed by atoms with E-state index in [0.29, 0.717) is 11.2 Å². The third-order valence-corrected chi connectivity index (χ3v) is 2.79. The molecular weight excluding hydrogens is 234 g/mol. The number of hydrogen-bond acceptors (Lipinski definition) is 3. The molecule has 1 heterocycles. The summed E-state index contributed by atoms with van der Waals surface area (Å²) in [5.74, 6) is 1.67. The molecule has 0 spiro atoms. The van der Waals surface area contributed by atoms with Gasteiger partial charge in [-0.1, -0.05) is 38.3 Å². The van der Waals surface area contributed by atoms with Crippen LogP contribution in [0, 0.1) is 0 Å². The van der Waals surface area contributed by atoms with E-state index >= 15 is 0 Å². The molecule has 1 aromatic heterocycles.